The fraction of sp³-hybridized carbons (Fsp3) is 0.292. The minimum absolute atomic E-state index is 0.0375. The van der Waals surface area contributed by atoms with Crippen LogP contribution in [0.1, 0.15) is 40.2 Å². The third-order valence-electron chi connectivity index (χ3n) is 5.26. The van der Waals surface area contributed by atoms with Crippen LogP contribution in [0.2, 0.25) is 0 Å². The van der Waals surface area contributed by atoms with Crippen LogP contribution in [0.3, 0.4) is 0 Å². The number of nitrogens with zero attached hydrogens (tertiary/aromatic N) is 5. The first-order valence-electron chi connectivity index (χ1n) is 11.6. The Kier molecular flexibility index (Phi) is 9.76. The molecule has 0 unspecified atom stereocenters. The quantitative estimate of drug-likeness (QED) is 0.119. The van der Waals surface area contributed by atoms with E-state index in [1.165, 1.54) is 11.2 Å². The van der Waals surface area contributed by atoms with Crippen LogP contribution in [0, 0.1) is 0 Å². The second-order valence-electron chi connectivity index (χ2n) is 8.28. The van der Waals surface area contributed by atoms with Gasteiger partial charge < -0.3 is 21.4 Å². The summed E-state index contributed by atoms with van der Waals surface area (Å²) in [5.74, 6) is 4.85. The van der Waals surface area contributed by atoms with E-state index in [4.69, 9.17) is 11.6 Å². The van der Waals surface area contributed by atoms with Crippen molar-refractivity contribution in [2.24, 2.45) is 11.6 Å². The van der Waals surface area contributed by atoms with Crippen LogP contribution >= 0.6 is 0 Å². The number of carbonyl (C=O) groups excluding carboxylic acids is 2. The molecule has 3 aromatic rings. The zero-order chi connectivity index (χ0) is 27.5. The van der Waals surface area contributed by atoms with Crippen LogP contribution in [-0.4, -0.2) is 43.3 Å². The SMILES string of the molecule is N/C(=C\N(N)CCCCn1cc(C(=O)NCc2ccccc2)nn1)C(=O)NCc1cc(C(F)(F)F)ccn1. The molecule has 0 saturated carbocycles. The molecule has 11 nitrogen and oxygen atoms in total. The molecule has 0 atom stereocenters. The lowest BCUT2D eigenvalue weighted by molar-refractivity contribution is -0.137. The Balaban J connectivity index is 1.36. The zero-order valence-corrected chi connectivity index (χ0v) is 20.4. The van der Waals surface area contributed by atoms with Crippen molar-refractivity contribution in [3.8, 4) is 0 Å². The molecule has 0 aliphatic heterocycles. The number of halogens is 3. The van der Waals surface area contributed by atoms with Crippen molar-refractivity contribution in [3.63, 3.8) is 0 Å². The number of amides is 2. The predicted molar refractivity (Wildman–Crippen MR) is 131 cm³/mol. The van der Waals surface area contributed by atoms with Gasteiger partial charge in [-0.2, -0.15) is 13.2 Å². The fourth-order valence-electron chi connectivity index (χ4n) is 3.27. The van der Waals surface area contributed by atoms with Crippen LogP contribution in [0.25, 0.3) is 0 Å². The molecule has 14 heteroatoms. The number of carbonyl (C=O) groups is 2. The minimum atomic E-state index is -4.51. The smallest absolute Gasteiger partial charge is 0.393 e. The molecule has 0 bridgehead atoms. The van der Waals surface area contributed by atoms with Crippen molar-refractivity contribution in [3.05, 3.63) is 89.3 Å². The number of aromatic nitrogens is 4. The number of hydrogen-bond acceptors (Lipinski definition) is 8. The number of unbranched alkanes of at least 4 members (excludes halogenated alkanes) is 1. The van der Waals surface area contributed by atoms with E-state index in [-0.39, 0.29) is 29.5 Å². The molecule has 0 aliphatic rings. The van der Waals surface area contributed by atoms with Crippen molar-refractivity contribution in [1.82, 2.24) is 35.6 Å². The highest BCUT2D eigenvalue weighted by atomic mass is 19.4. The maximum absolute atomic E-state index is 12.8. The first kappa shape index (κ1) is 28.1. The highest BCUT2D eigenvalue weighted by Gasteiger charge is 2.30. The molecule has 0 fully saturated rings. The molecular formula is C24H28F3N9O2. The molecule has 6 N–H and O–H groups in total. The van der Waals surface area contributed by atoms with Gasteiger partial charge in [0, 0.05) is 32.0 Å². The molecule has 2 heterocycles. The van der Waals surface area contributed by atoms with Crippen LogP contribution in [0.15, 0.2) is 66.8 Å². The molecular weight excluding hydrogens is 503 g/mol. The van der Waals surface area contributed by atoms with Crippen molar-refractivity contribution >= 4 is 11.8 Å². The summed E-state index contributed by atoms with van der Waals surface area (Å²) < 4.78 is 39.9. The van der Waals surface area contributed by atoms with Gasteiger partial charge in [0.25, 0.3) is 11.8 Å². The number of hydrazine groups is 1. The molecule has 0 spiro atoms. The van der Waals surface area contributed by atoms with E-state index in [1.54, 1.807) is 10.9 Å². The lowest BCUT2D eigenvalue weighted by atomic mass is 10.2. The van der Waals surface area contributed by atoms with E-state index in [1.807, 2.05) is 30.3 Å². The van der Waals surface area contributed by atoms with Crippen LogP contribution < -0.4 is 22.2 Å². The number of hydrogen-bond donors (Lipinski definition) is 4. The van der Waals surface area contributed by atoms with Gasteiger partial charge in [0.2, 0.25) is 0 Å². The van der Waals surface area contributed by atoms with E-state index >= 15 is 0 Å². The first-order valence-corrected chi connectivity index (χ1v) is 11.6. The van der Waals surface area contributed by atoms with Gasteiger partial charge in [-0.3, -0.25) is 19.3 Å². The van der Waals surface area contributed by atoms with E-state index in [9.17, 15) is 22.8 Å². The van der Waals surface area contributed by atoms with Gasteiger partial charge in [-0.1, -0.05) is 35.5 Å². The number of pyridine rings is 1. The lowest BCUT2D eigenvalue weighted by Crippen LogP contribution is -2.33. The molecule has 1 aromatic carbocycles. The van der Waals surface area contributed by atoms with Gasteiger partial charge in [0.1, 0.15) is 5.70 Å². The third-order valence-corrected chi connectivity index (χ3v) is 5.26. The maximum Gasteiger partial charge on any atom is 0.416 e. The number of benzene rings is 1. The standard InChI is InChI=1S/C24H28F3N9O2/c25-24(26,27)18-8-9-30-19(12-18)14-32-22(37)20(28)15-35(29)10-4-5-11-36-16-21(33-34-36)23(38)31-13-17-6-2-1-3-7-17/h1-3,6-9,12,15-16H,4-5,10-11,13-14,28-29H2,(H,31,38)(H,32,37)/b20-15-. The zero-order valence-electron chi connectivity index (χ0n) is 20.4. The van der Waals surface area contributed by atoms with Gasteiger partial charge in [-0.05, 0) is 30.5 Å². The van der Waals surface area contributed by atoms with Gasteiger partial charge in [0.15, 0.2) is 5.69 Å². The molecule has 2 amide bonds. The van der Waals surface area contributed by atoms with Gasteiger partial charge in [-0.15, -0.1) is 5.10 Å². The normalized spacial score (nSPS) is 11.7. The van der Waals surface area contributed by atoms with E-state index in [0.29, 0.717) is 32.5 Å². The Hall–Kier alpha value is -4.46. The van der Waals surface area contributed by atoms with Gasteiger partial charge >= 0.3 is 6.18 Å². The van der Waals surface area contributed by atoms with Crippen LogP contribution in [-0.2, 0) is 30.6 Å². The van der Waals surface area contributed by atoms with E-state index in [2.05, 4.69) is 25.9 Å². The Bertz CT molecular complexity index is 1250. The molecule has 38 heavy (non-hydrogen) atoms. The van der Waals surface area contributed by atoms with E-state index in [0.717, 1.165) is 23.9 Å². The molecule has 0 saturated heterocycles. The van der Waals surface area contributed by atoms with Crippen molar-refractivity contribution in [2.75, 3.05) is 6.54 Å². The summed E-state index contributed by atoms with van der Waals surface area (Å²) in [5, 5.41) is 14.3. The molecule has 202 valence electrons. The number of alkyl halides is 3. The predicted octanol–water partition coefficient (Wildman–Crippen LogP) is 1.69. The molecule has 0 radical (unpaired) electrons. The van der Waals surface area contributed by atoms with Crippen molar-refractivity contribution in [2.45, 2.75) is 38.7 Å². The topological polar surface area (TPSA) is 157 Å². The highest BCUT2D eigenvalue weighted by molar-refractivity contribution is 5.92. The Morgan fingerprint density at radius 1 is 1.08 bits per heavy atom. The summed E-state index contributed by atoms with van der Waals surface area (Å²) in [6, 6.07) is 11.2. The monoisotopic (exact) mass is 531 g/mol. The average Bonchev–Trinajstić information content (AvgIpc) is 3.38. The van der Waals surface area contributed by atoms with Crippen molar-refractivity contribution in [1.29, 1.82) is 0 Å². The summed E-state index contributed by atoms with van der Waals surface area (Å²) in [5.41, 5.74) is 5.89. The number of rotatable bonds is 12. The summed E-state index contributed by atoms with van der Waals surface area (Å²) in [6.45, 7) is 1.01. The summed E-state index contributed by atoms with van der Waals surface area (Å²) in [7, 11) is 0. The number of nitrogens with one attached hydrogen (secondary N) is 2. The Morgan fingerprint density at radius 3 is 2.58 bits per heavy atom. The molecule has 0 aliphatic carbocycles. The Labute approximate surface area is 216 Å². The molecule has 3 rings (SSSR count). The molecule has 2 aromatic heterocycles. The maximum atomic E-state index is 12.8. The summed E-state index contributed by atoms with van der Waals surface area (Å²) in [6.07, 6.45) is 0.580. The Morgan fingerprint density at radius 2 is 1.84 bits per heavy atom. The number of nitrogens with two attached hydrogens (primary N) is 2. The highest BCUT2D eigenvalue weighted by Crippen LogP contribution is 2.28. The van der Waals surface area contributed by atoms with E-state index < -0.39 is 17.6 Å². The second kappa shape index (κ2) is 13.2. The number of aryl methyl sites for hydroxylation is 1. The largest absolute Gasteiger partial charge is 0.416 e. The van der Waals surface area contributed by atoms with Crippen molar-refractivity contribution < 1.29 is 22.8 Å². The fourth-order valence-corrected chi connectivity index (χ4v) is 3.27. The van der Waals surface area contributed by atoms with Crippen LogP contribution in [0.4, 0.5) is 13.2 Å². The summed E-state index contributed by atoms with van der Waals surface area (Å²) in [4.78, 5) is 28.2. The van der Waals surface area contributed by atoms with Gasteiger partial charge in [-0.25, -0.2) is 5.84 Å². The third kappa shape index (κ3) is 8.89. The lowest BCUT2D eigenvalue weighted by Gasteiger charge is -2.15. The second-order valence-corrected chi connectivity index (χ2v) is 8.28. The summed E-state index contributed by atoms with van der Waals surface area (Å²) >= 11 is 0. The van der Waals surface area contributed by atoms with Gasteiger partial charge in [0.05, 0.1) is 24.0 Å². The average molecular weight is 532 g/mol. The minimum Gasteiger partial charge on any atom is -0.393 e. The van der Waals surface area contributed by atoms with Crippen LogP contribution in [0.5, 0.6) is 0 Å². The first-order chi connectivity index (χ1) is 18.1.